The fourth-order valence-electron chi connectivity index (χ4n) is 2.77. The first-order chi connectivity index (χ1) is 15.2. The van der Waals surface area contributed by atoms with E-state index in [1.54, 1.807) is 6.92 Å². The zero-order chi connectivity index (χ0) is 25.0. The molecule has 0 bridgehead atoms. The molecule has 1 amide bonds. The molecule has 1 aromatic carbocycles. The highest BCUT2D eigenvalue weighted by molar-refractivity contribution is 7.09. The summed E-state index contributed by atoms with van der Waals surface area (Å²) < 4.78 is 84.0. The van der Waals surface area contributed by atoms with Crippen molar-refractivity contribution in [3.8, 4) is 0 Å². The Kier molecular flexibility index (Phi) is 8.50. The summed E-state index contributed by atoms with van der Waals surface area (Å²) in [6.07, 6.45) is -9.68. The van der Waals surface area contributed by atoms with Crippen molar-refractivity contribution in [3.05, 3.63) is 51.0 Å². The molecule has 0 aliphatic carbocycles. The van der Waals surface area contributed by atoms with Crippen molar-refractivity contribution in [2.75, 3.05) is 13.2 Å². The predicted octanol–water partition coefficient (Wildman–Crippen LogP) is 6.05. The van der Waals surface area contributed by atoms with Crippen LogP contribution in [0.3, 0.4) is 0 Å². The molecule has 2 aromatic rings. The lowest BCUT2D eigenvalue weighted by atomic mass is 10.0. The lowest BCUT2D eigenvalue weighted by molar-refractivity contribution is -0.143. The predicted molar refractivity (Wildman–Crippen MR) is 109 cm³/mol. The molecule has 1 heterocycles. The van der Waals surface area contributed by atoms with Gasteiger partial charge in [-0.3, -0.25) is 4.79 Å². The molecule has 5 nitrogen and oxygen atoms in total. The number of halogens is 6. The number of amides is 1. The Hall–Kier alpha value is -2.63. The van der Waals surface area contributed by atoms with E-state index in [0.717, 1.165) is 16.2 Å². The van der Waals surface area contributed by atoms with Crippen LogP contribution >= 0.6 is 11.3 Å². The molecule has 182 valence electrons. The molecule has 0 N–H and O–H groups in total. The van der Waals surface area contributed by atoms with Crippen LogP contribution < -0.4 is 0 Å². The van der Waals surface area contributed by atoms with Gasteiger partial charge in [0.1, 0.15) is 5.01 Å². The van der Waals surface area contributed by atoms with Crippen LogP contribution in [0, 0.1) is 5.92 Å². The molecule has 0 saturated heterocycles. The molecule has 0 radical (unpaired) electrons. The number of carbonyl (C=O) groups is 2. The summed E-state index contributed by atoms with van der Waals surface area (Å²) in [5.74, 6) is -1.56. The minimum absolute atomic E-state index is 0.00605. The van der Waals surface area contributed by atoms with Gasteiger partial charge in [0.05, 0.1) is 24.3 Å². The topological polar surface area (TPSA) is 59.5 Å². The van der Waals surface area contributed by atoms with Crippen LogP contribution in [0.15, 0.2) is 23.6 Å². The number of hydrogen-bond donors (Lipinski definition) is 0. The van der Waals surface area contributed by atoms with E-state index in [1.807, 2.05) is 13.8 Å². The number of nitrogens with zero attached hydrogens (tertiary/aromatic N) is 2. The second kappa shape index (κ2) is 10.5. The lowest BCUT2D eigenvalue weighted by Crippen LogP contribution is -2.32. The molecule has 0 atom stereocenters. The molecular formula is C21H22F6N2O3S. The third kappa shape index (κ3) is 7.44. The lowest BCUT2D eigenvalue weighted by Gasteiger charge is -2.24. The van der Waals surface area contributed by atoms with E-state index in [2.05, 4.69) is 4.98 Å². The number of esters is 1. The Morgan fingerprint density at radius 1 is 1.06 bits per heavy atom. The molecule has 2 rings (SSSR count). The molecular weight excluding hydrogens is 474 g/mol. The van der Waals surface area contributed by atoms with Crippen molar-refractivity contribution in [1.82, 2.24) is 9.88 Å². The number of rotatable bonds is 8. The SMILES string of the molecule is CCOC(=O)c1csc(CN(CCC(C)C)C(=O)c2cc(C(F)(F)F)cc(C(F)(F)F)c2)n1. The first-order valence-electron chi connectivity index (χ1n) is 9.92. The number of aromatic nitrogens is 1. The van der Waals surface area contributed by atoms with Crippen molar-refractivity contribution >= 4 is 23.2 Å². The molecule has 0 saturated carbocycles. The van der Waals surface area contributed by atoms with Gasteiger partial charge in [-0.2, -0.15) is 26.3 Å². The van der Waals surface area contributed by atoms with Crippen LogP contribution in [0.4, 0.5) is 26.3 Å². The van der Waals surface area contributed by atoms with E-state index in [9.17, 15) is 35.9 Å². The van der Waals surface area contributed by atoms with Crippen LogP contribution in [-0.4, -0.2) is 34.9 Å². The van der Waals surface area contributed by atoms with Crippen LogP contribution in [-0.2, 0) is 23.6 Å². The average molecular weight is 496 g/mol. The maximum Gasteiger partial charge on any atom is 0.416 e. The average Bonchev–Trinajstić information content (AvgIpc) is 3.17. The molecule has 0 aliphatic rings. The van der Waals surface area contributed by atoms with Crippen LogP contribution in [0.2, 0.25) is 0 Å². The van der Waals surface area contributed by atoms with Crippen LogP contribution in [0.1, 0.15) is 64.2 Å². The first kappa shape index (κ1) is 26.6. The highest BCUT2D eigenvalue weighted by Crippen LogP contribution is 2.36. The third-order valence-corrected chi connectivity index (χ3v) is 5.29. The Morgan fingerprint density at radius 3 is 2.12 bits per heavy atom. The number of thiazole rings is 1. The summed E-state index contributed by atoms with van der Waals surface area (Å²) in [7, 11) is 0. The minimum Gasteiger partial charge on any atom is -0.461 e. The van der Waals surface area contributed by atoms with Gasteiger partial charge in [-0.25, -0.2) is 9.78 Å². The number of benzene rings is 1. The van der Waals surface area contributed by atoms with Crippen molar-refractivity contribution in [2.24, 2.45) is 5.92 Å². The number of ether oxygens (including phenoxy) is 1. The monoisotopic (exact) mass is 496 g/mol. The van der Waals surface area contributed by atoms with E-state index in [0.29, 0.717) is 18.6 Å². The standard InChI is InChI=1S/C21H22F6N2O3S/c1-4-32-19(31)16-11-33-17(28-16)10-29(6-5-12(2)3)18(30)13-7-14(20(22,23)24)9-15(8-13)21(25,26)27/h7-9,11-12H,4-6,10H2,1-3H3. The fraction of sp³-hybridized carbons (Fsp3) is 0.476. The minimum atomic E-state index is -5.07. The van der Waals surface area contributed by atoms with Crippen molar-refractivity contribution in [3.63, 3.8) is 0 Å². The van der Waals surface area contributed by atoms with Crippen molar-refractivity contribution < 1.29 is 40.7 Å². The Morgan fingerprint density at radius 2 is 1.64 bits per heavy atom. The molecule has 1 aromatic heterocycles. The van der Waals surface area contributed by atoms with Crippen LogP contribution in [0.25, 0.3) is 0 Å². The summed E-state index contributed by atoms with van der Waals surface area (Å²) in [6.45, 7) is 5.34. The Labute approximate surface area is 190 Å². The molecule has 33 heavy (non-hydrogen) atoms. The normalized spacial score (nSPS) is 12.2. The molecule has 12 heteroatoms. The fourth-order valence-corrected chi connectivity index (χ4v) is 3.55. The highest BCUT2D eigenvalue weighted by atomic mass is 32.1. The van der Waals surface area contributed by atoms with Crippen molar-refractivity contribution in [2.45, 2.75) is 46.1 Å². The summed E-state index contributed by atoms with van der Waals surface area (Å²) >= 11 is 1.03. The number of carbonyl (C=O) groups excluding carboxylic acids is 2. The highest BCUT2D eigenvalue weighted by Gasteiger charge is 2.38. The van der Waals surface area contributed by atoms with Gasteiger partial charge in [-0.1, -0.05) is 13.8 Å². The van der Waals surface area contributed by atoms with Crippen molar-refractivity contribution in [1.29, 1.82) is 0 Å². The largest absolute Gasteiger partial charge is 0.461 e. The second-order valence-electron chi connectivity index (χ2n) is 7.55. The first-order valence-corrected chi connectivity index (χ1v) is 10.8. The maximum atomic E-state index is 13.2. The zero-order valence-electron chi connectivity index (χ0n) is 18.0. The van der Waals surface area contributed by atoms with Gasteiger partial charge in [-0.15, -0.1) is 11.3 Å². The Balaban J connectivity index is 2.42. The number of hydrogen-bond acceptors (Lipinski definition) is 5. The maximum absolute atomic E-state index is 13.2. The quantitative estimate of drug-likeness (QED) is 0.330. The van der Waals surface area contributed by atoms with Gasteiger partial charge < -0.3 is 9.64 Å². The van der Waals surface area contributed by atoms with E-state index < -0.39 is 40.9 Å². The van der Waals surface area contributed by atoms with Gasteiger partial charge in [-0.05, 0) is 37.5 Å². The van der Waals surface area contributed by atoms with Gasteiger partial charge in [0.15, 0.2) is 5.69 Å². The van der Waals surface area contributed by atoms with Gasteiger partial charge in [0, 0.05) is 17.5 Å². The smallest absolute Gasteiger partial charge is 0.416 e. The number of alkyl halides is 6. The van der Waals surface area contributed by atoms with Gasteiger partial charge in [0.25, 0.3) is 5.91 Å². The second-order valence-corrected chi connectivity index (χ2v) is 8.49. The molecule has 0 unspecified atom stereocenters. The summed E-state index contributed by atoms with van der Waals surface area (Å²) in [5, 5.41) is 1.70. The van der Waals surface area contributed by atoms with Crippen LogP contribution in [0.5, 0.6) is 0 Å². The van der Waals surface area contributed by atoms with E-state index >= 15 is 0 Å². The summed E-state index contributed by atoms with van der Waals surface area (Å²) in [6, 6.07) is 0.791. The Bertz CT molecular complexity index is 953. The summed E-state index contributed by atoms with van der Waals surface area (Å²) in [5.41, 5.74) is -3.86. The summed E-state index contributed by atoms with van der Waals surface area (Å²) in [4.78, 5) is 30.0. The van der Waals surface area contributed by atoms with Gasteiger partial charge >= 0.3 is 18.3 Å². The molecule has 0 spiro atoms. The molecule has 0 fully saturated rings. The molecule has 0 aliphatic heterocycles. The van der Waals surface area contributed by atoms with E-state index in [4.69, 9.17) is 4.74 Å². The third-order valence-electron chi connectivity index (χ3n) is 4.46. The zero-order valence-corrected chi connectivity index (χ0v) is 18.8. The van der Waals surface area contributed by atoms with Gasteiger partial charge in [0.2, 0.25) is 0 Å². The van der Waals surface area contributed by atoms with E-state index in [-0.39, 0.29) is 42.4 Å². The van der Waals surface area contributed by atoms with E-state index in [1.165, 1.54) is 5.38 Å².